The summed E-state index contributed by atoms with van der Waals surface area (Å²) in [4.78, 5) is 4.33. The molecule has 1 aliphatic rings. The molecule has 2 nitrogen and oxygen atoms in total. The fraction of sp³-hybridized carbons (Fsp3) is 0.900. The van der Waals surface area contributed by atoms with Gasteiger partial charge in [-0.2, -0.15) is 0 Å². The van der Waals surface area contributed by atoms with Crippen molar-refractivity contribution in [1.29, 1.82) is 0 Å². The Morgan fingerprint density at radius 2 is 1.75 bits per heavy atom. The average Bonchev–Trinajstić information content (AvgIpc) is 2.31. The maximum absolute atomic E-state index is 5.97. The standard InChI is InChI=1S/C10H20N2/c1-7(2)10(8(3)4)5-6-12-9(10)11/h7-8H,5-6H2,1-4H3,(H2,11,12). The molecule has 1 aliphatic heterocycles. The molecular weight excluding hydrogens is 148 g/mol. The molecule has 0 aromatic heterocycles. The number of nitrogens with zero attached hydrogens (tertiary/aromatic N) is 1. The molecule has 0 saturated carbocycles. The summed E-state index contributed by atoms with van der Waals surface area (Å²) in [7, 11) is 0. The Bertz CT molecular complexity index is 184. The van der Waals surface area contributed by atoms with Crippen LogP contribution >= 0.6 is 0 Å². The largest absolute Gasteiger partial charge is 0.387 e. The average molecular weight is 168 g/mol. The number of nitrogens with two attached hydrogens (primary N) is 1. The molecule has 2 heteroatoms. The molecule has 0 radical (unpaired) electrons. The number of hydrogen-bond acceptors (Lipinski definition) is 2. The molecule has 0 atom stereocenters. The number of rotatable bonds is 2. The van der Waals surface area contributed by atoms with E-state index in [9.17, 15) is 0 Å². The third-order valence-electron chi connectivity index (χ3n) is 3.35. The van der Waals surface area contributed by atoms with Gasteiger partial charge < -0.3 is 5.73 Å². The quantitative estimate of drug-likeness (QED) is 0.673. The molecule has 0 fully saturated rings. The minimum Gasteiger partial charge on any atom is -0.387 e. The Hall–Kier alpha value is -0.530. The maximum atomic E-state index is 5.97. The molecule has 0 bridgehead atoms. The summed E-state index contributed by atoms with van der Waals surface area (Å²) < 4.78 is 0. The second-order valence-electron chi connectivity index (χ2n) is 4.37. The predicted octanol–water partition coefficient (Wildman–Crippen LogP) is 2.05. The molecule has 1 rings (SSSR count). The lowest BCUT2D eigenvalue weighted by Crippen LogP contribution is -2.42. The van der Waals surface area contributed by atoms with Gasteiger partial charge in [0.2, 0.25) is 0 Å². The van der Waals surface area contributed by atoms with Crippen LogP contribution in [0.4, 0.5) is 0 Å². The minimum absolute atomic E-state index is 0.181. The molecule has 0 spiro atoms. The summed E-state index contributed by atoms with van der Waals surface area (Å²) >= 11 is 0. The summed E-state index contributed by atoms with van der Waals surface area (Å²) in [6.07, 6.45) is 1.13. The Morgan fingerprint density at radius 3 is 1.92 bits per heavy atom. The summed E-state index contributed by atoms with van der Waals surface area (Å²) in [5.41, 5.74) is 6.15. The van der Waals surface area contributed by atoms with Crippen LogP contribution in [-0.2, 0) is 0 Å². The van der Waals surface area contributed by atoms with E-state index in [2.05, 4.69) is 32.7 Å². The first-order valence-corrected chi connectivity index (χ1v) is 4.82. The van der Waals surface area contributed by atoms with Crippen LogP contribution in [0.3, 0.4) is 0 Å². The van der Waals surface area contributed by atoms with Gasteiger partial charge in [0.1, 0.15) is 5.84 Å². The van der Waals surface area contributed by atoms with Crippen molar-refractivity contribution in [3.05, 3.63) is 0 Å². The van der Waals surface area contributed by atoms with Crippen LogP contribution in [0.2, 0.25) is 0 Å². The van der Waals surface area contributed by atoms with Crippen molar-refractivity contribution in [2.24, 2.45) is 28.0 Å². The number of hydrogen-bond donors (Lipinski definition) is 1. The molecule has 0 amide bonds. The maximum Gasteiger partial charge on any atom is 0.101 e. The van der Waals surface area contributed by atoms with Crippen molar-refractivity contribution in [2.75, 3.05) is 6.54 Å². The molecule has 2 N–H and O–H groups in total. The zero-order valence-electron chi connectivity index (χ0n) is 8.59. The van der Waals surface area contributed by atoms with E-state index in [1.165, 1.54) is 0 Å². The Kier molecular flexibility index (Phi) is 2.45. The Balaban J connectivity index is 2.96. The van der Waals surface area contributed by atoms with Crippen LogP contribution in [0.15, 0.2) is 4.99 Å². The highest BCUT2D eigenvalue weighted by atomic mass is 14.9. The molecule has 0 aliphatic carbocycles. The highest BCUT2D eigenvalue weighted by molar-refractivity contribution is 5.88. The van der Waals surface area contributed by atoms with E-state index in [1.807, 2.05) is 0 Å². The van der Waals surface area contributed by atoms with E-state index in [4.69, 9.17) is 5.73 Å². The van der Waals surface area contributed by atoms with Crippen molar-refractivity contribution in [1.82, 2.24) is 0 Å². The molecule has 12 heavy (non-hydrogen) atoms. The summed E-state index contributed by atoms with van der Waals surface area (Å²) in [6.45, 7) is 9.89. The van der Waals surface area contributed by atoms with Gasteiger partial charge in [-0.1, -0.05) is 27.7 Å². The number of amidine groups is 1. The summed E-state index contributed by atoms with van der Waals surface area (Å²) in [5.74, 6) is 2.08. The van der Waals surface area contributed by atoms with Crippen molar-refractivity contribution in [3.8, 4) is 0 Å². The Labute approximate surface area is 75.3 Å². The van der Waals surface area contributed by atoms with Crippen LogP contribution in [0.1, 0.15) is 34.1 Å². The molecule has 0 aromatic carbocycles. The van der Waals surface area contributed by atoms with Gasteiger partial charge in [0.05, 0.1) is 0 Å². The zero-order chi connectivity index (χ0) is 9.35. The second kappa shape index (κ2) is 3.08. The molecule has 70 valence electrons. The Morgan fingerprint density at radius 1 is 1.25 bits per heavy atom. The van der Waals surface area contributed by atoms with Gasteiger partial charge in [-0.15, -0.1) is 0 Å². The zero-order valence-corrected chi connectivity index (χ0v) is 8.59. The highest BCUT2D eigenvalue weighted by Gasteiger charge is 2.43. The van der Waals surface area contributed by atoms with Crippen LogP contribution in [0.5, 0.6) is 0 Å². The second-order valence-corrected chi connectivity index (χ2v) is 4.37. The fourth-order valence-corrected chi connectivity index (χ4v) is 2.47. The summed E-state index contributed by atoms with van der Waals surface area (Å²) in [5, 5.41) is 0. The summed E-state index contributed by atoms with van der Waals surface area (Å²) in [6, 6.07) is 0. The highest BCUT2D eigenvalue weighted by Crippen LogP contribution is 2.42. The van der Waals surface area contributed by atoms with Gasteiger partial charge in [-0.3, -0.25) is 4.99 Å². The van der Waals surface area contributed by atoms with E-state index in [1.54, 1.807) is 0 Å². The van der Waals surface area contributed by atoms with Crippen LogP contribution in [-0.4, -0.2) is 12.4 Å². The third-order valence-corrected chi connectivity index (χ3v) is 3.35. The topological polar surface area (TPSA) is 38.4 Å². The lowest BCUT2D eigenvalue weighted by atomic mass is 9.67. The van der Waals surface area contributed by atoms with E-state index in [0.717, 1.165) is 18.8 Å². The normalized spacial score (nSPS) is 22.0. The monoisotopic (exact) mass is 168 g/mol. The van der Waals surface area contributed by atoms with Gasteiger partial charge in [-0.25, -0.2) is 0 Å². The van der Waals surface area contributed by atoms with Crippen LogP contribution < -0.4 is 5.73 Å². The molecule has 1 heterocycles. The van der Waals surface area contributed by atoms with E-state index >= 15 is 0 Å². The van der Waals surface area contributed by atoms with E-state index in [-0.39, 0.29) is 5.41 Å². The third kappa shape index (κ3) is 1.13. The van der Waals surface area contributed by atoms with Crippen LogP contribution in [0, 0.1) is 17.3 Å². The SMILES string of the molecule is CC(C)C1(C(C)C)CCN=C1N. The van der Waals surface area contributed by atoms with Gasteiger partial charge in [0.25, 0.3) is 0 Å². The van der Waals surface area contributed by atoms with E-state index < -0.39 is 0 Å². The molecular formula is C10H20N2. The molecule has 0 unspecified atom stereocenters. The van der Waals surface area contributed by atoms with Gasteiger partial charge >= 0.3 is 0 Å². The first-order valence-electron chi connectivity index (χ1n) is 4.82. The van der Waals surface area contributed by atoms with Gasteiger partial charge in [0, 0.05) is 12.0 Å². The first-order chi connectivity index (χ1) is 5.51. The minimum atomic E-state index is 0.181. The molecule has 0 aromatic rings. The van der Waals surface area contributed by atoms with Crippen molar-refractivity contribution >= 4 is 5.84 Å². The lowest BCUT2D eigenvalue weighted by molar-refractivity contribution is 0.205. The molecule has 0 saturated heterocycles. The van der Waals surface area contributed by atoms with Gasteiger partial charge in [-0.05, 0) is 18.3 Å². The van der Waals surface area contributed by atoms with Crippen molar-refractivity contribution in [3.63, 3.8) is 0 Å². The van der Waals surface area contributed by atoms with Crippen LogP contribution in [0.25, 0.3) is 0 Å². The van der Waals surface area contributed by atoms with E-state index in [0.29, 0.717) is 11.8 Å². The fourth-order valence-electron chi connectivity index (χ4n) is 2.47. The van der Waals surface area contributed by atoms with Gasteiger partial charge in [0.15, 0.2) is 0 Å². The number of aliphatic imine (C=N–C) groups is 1. The smallest absolute Gasteiger partial charge is 0.101 e. The lowest BCUT2D eigenvalue weighted by Gasteiger charge is -2.37. The van der Waals surface area contributed by atoms with Crippen molar-refractivity contribution in [2.45, 2.75) is 34.1 Å². The van der Waals surface area contributed by atoms with Crippen molar-refractivity contribution < 1.29 is 0 Å². The predicted molar refractivity (Wildman–Crippen MR) is 53.2 cm³/mol. The first kappa shape index (κ1) is 9.56.